The molecule has 0 saturated heterocycles. The Bertz CT molecular complexity index is 888. The number of benzene rings is 2. The molecule has 25 heavy (non-hydrogen) atoms. The van der Waals surface area contributed by atoms with Crippen molar-refractivity contribution in [3.63, 3.8) is 0 Å². The molecule has 3 rings (SSSR count). The van der Waals surface area contributed by atoms with Gasteiger partial charge in [-0.3, -0.25) is 4.79 Å². The first kappa shape index (κ1) is 17.2. The minimum absolute atomic E-state index is 0.0834. The van der Waals surface area contributed by atoms with E-state index >= 15 is 0 Å². The van der Waals surface area contributed by atoms with E-state index in [-0.39, 0.29) is 12.3 Å². The Labute approximate surface area is 151 Å². The molecule has 0 bridgehead atoms. The topological polar surface area (TPSA) is 68.0 Å². The number of anilines is 1. The summed E-state index contributed by atoms with van der Waals surface area (Å²) < 4.78 is 5.22. The number of nitrogens with zero attached hydrogens (tertiary/aromatic N) is 2. The Balaban J connectivity index is 1.59. The van der Waals surface area contributed by atoms with E-state index in [1.54, 1.807) is 12.1 Å². The van der Waals surface area contributed by atoms with Crippen molar-refractivity contribution in [1.82, 2.24) is 10.1 Å². The summed E-state index contributed by atoms with van der Waals surface area (Å²) in [6, 6.07) is 13.1. The standard InChI is InChI=1S/C19H18ClN3O2/c1-12-3-4-13(2)16(11-12)21-17(24)9-10-18-22-19(23-25-18)14-5-7-15(20)8-6-14/h3-8,11H,9-10H2,1-2H3,(H,21,24). The minimum atomic E-state index is -0.0834. The zero-order valence-electron chi connectivity index (χ0n) is 14.0. The van der Waals surface area contributed by atoms with E-state index < -0.39 is 0 Å². The van der Waals surface area contributed by atoms with Crippen LogP contribution in [0.4, 0.5) is 5.69 Å². The zero-order valence-corrected chi connectivity index (χ0v) is 14.8. The van der Waals surface area contributed by atoms with E-state index in [0.717, 1.165) is 22.4 Å². The van der Waals surface area contributed by atoms with Crippen molar-refractivity contribution in [3.05, 3.63) is 64.5 Å². The van der Waals surface area contributed by atoms with Crippen LogP contribution in [0.5, 0.6) is 0 Å². The van der Waals surface area contributed by atoms with Crippen molar-refractivity contribution in [3.8, 4) is 11.4 Å². The van der Waals surface area contributed by atoms with E-state index in [2.05, 4.69) is 15.5 Å². The highest BCUT2D eigenvalue weighted by molar-refractivity contribution is 6.30. The fraction of sp³-hybridized carbons (Fsp3) is 0.211. The van der Waals surface area contributed by atoms with Gasteiger partial charge in [-0.25, -0.2) is 0 Å². The summed E-state index contributed by atoms with van der Waals surface area (Å²) in [5.41, 5.74) is 3.78. The van der Waals surface area contributed by atoms with E-state index in [1.807, 2.05) is 44.2 Å². The van der Waals surface area contributed by atoms with Gasteiger partial charge in [-0.15, -0.1) is 0 Å². The van der Waals surface area contributed by atoms with Crippen LogP contribution >= 0.6 is 11.6 Å². The number of amides is 1. The number of hydrogen-bond donors (Lipinski definition) is 1. The molecule has 0 spiro atoms. The summed E-state index contributed by atoms with van der Waals surface area (Å²) in [6.07, 6.45) is 0.660. The van der Waals surface area contributed by atoms with Crippen LogP contribution in [-0.4, -0.2) is 16.0 Å². The molecular formula is C19H18ClN3O2. The van der Waals surface area contributed by atoms with Crippen molar-refractivity contribution in [2.24, 2.45) is 0 Å². The third kappa shape index (κ3) is 4.45. The van der Waals surface area contributed by atoms with Crippen molar-refractivity contribution < 1.29 is 9.32 Å². The minimum Gasteiger partial charge on any atom is -0.339 e. The molecule has 0 fully saturated rings. The average molecular weight is 356 g/mol. The molecular weight excluding hydrogens is 338 g/mol. The average Bonchev–Trinajstić information content (AvgIpc) is 3.06. The first-order valence-electron chi connectivity index (χ1n) is 7.97. The molecule has 1 aromatic heterocycles. The van der Waals surface area contributed by atoms with Crippen LogP contribution in [-0.2, 0) is 11.2 Å². The number of aryl methyl sites for hydroxylation is 3. The lowest BCUT2D eigenvalue weighted by atomic mass is 10.1. The number of aromatic nitrogens is 2. The summed E-state index contributed by atoms with van der Waals surface area (Å²) in [4.78, 5) is 16.5. The second-order valence-corrected chi connectivity index (χ2v) is 6.32. The molecule has 0 aliphatic carbocycles. The highest BCUT2D eigenvalue weighted by Crippen LogP contribution is 2.20. The SMILES string of the molecule is Cc1ccc(C)c(NC(=O)CCc2nc(-c3ccc(Cl)cc3)no2)c1. The number of hydrogen-bond acceptors (Lipinski definition) is 4. The molecule has 5 nitrogen and oxygen atoms in total. The maximum atomic E-state index is 12.1. The van der Waals surface area contributed by atoms with Crippen molar-refractivity contribution in [2.75, 3.05) is 5.32 Å². The number of rotatable bonds is 5. The Kier molecular flexibility index (Phi) is 5.14. The Morgan fingerprint density at radius 2 is 1.92 bits per heavy atom. The molecule has 0 aliphatic heterocycles. The fourth-order valence-electron chi connectivity index (χ4n) is 2.38. The van der Waals surface area contributed by atoms with E-state index in [1.165, 1.54) is 0 Å². The number of carbonyl (C=O) groups excluding carboxylic acids is 1. The summed E-state index contributed by atoms with van der Waals surface area (Å²) in [5, 5.41) is 7.51. The van der Waals surface area contributed by atoms with Gasteiger partial charge in [0.2, 0.25) is 17.6 Å². The largest absolute Gasteiger partial charge is 0.339 e. The summed E-state index contributed by atoms with van der Waals surface area (Å²) >= 11 is 5.87. The number of nitrogens with one attached hydrogen (secondary N) is 1. The maximum absolute atomic E-state index is 12.1. The summed E-state index contributed by atoms with van der Waals surface area (Å²) in [6.45, 7) is 3.96. The molecule has 0 atom stereocenters. The Morgan fingerprint density at radius 3 is 2.68 bits per heavy atom. The first-order chi connectivity index (χ1) is 12.0. The van der Waals surface area contributed by atoms with Gasteiger partial charge in [0.1, 0.15) is 0 Å². The van der Waals surface area contributed by atoms with Crippen LogP contribution in [0.1, 0.15) is 23.4 Å². The van der Waals surface area contributed by atoms with Gasteiger partial charge in [0.15, 0.2) is 0 Å². The molecule has 2 aromatic carbocycles. The lowest BCUT2D eigenvalue weighted by molar-refractivity contribution is -0.116. The summed E-state index contributed by atoms with van der Waals surface area (Å²) in [5.74, 6) is 0.836. The molecule has 0 radical (unpaired) electrons. The molecule has 128 valence electrons. The lowest BCUT2D eigenvalue weighted by Crippen LogP contribution is -2.13. The van der Waals surface area contributed by atoms with Crippen molar-refractivity contribution >= 4 is 23.2 Å². The number of halogens is 1. The van der Waals surface area contributed by atoms with Crippen LogP contribution in [0.25, 0.3) is 11.4 Å². The van der Waals surface area contributed by atoms with E-state index in [0.29, 0.717) is 23.2 Å². The second-order valence-electron chi connectivity index (χ2n) is 5.89. The Morgan fingerprint density at radius 1 is 1.16 bits per heavy atom. The smallest absolute Gasteiger partial charge is 0.227 e. The van der Waals surface area contributed by atoms with E-state index in [4.69, 9.17) is 16.1 Å². The van der Waals surface area contributed by atoms with Gasteiger partial charge < -0.3 is 9.84 Å². The highest BCUT2D eigenvalue weighted by atomic mass is 35.5. The molecule has 1 N–H and O–H groups in total. The zero-order chi connectivity index (χ0) is 17.8. The number of carbonyl (C=O) groups is 1. The van der Waals surface area contributed by atoms with E-state index in [9.17, 15) is 4.79 Å². The molecule has 0 saturated carbocycles. The molecule has 0 aliphatic rings. The summed E-state index contributed by atoms with van der Waals surface area (Å²) in [7, 11) is 0. The second kappa shape index (κ2) is 7.49. The first-order valence-corrected chi connectivity index (χ1v) is 8.35. The van der Waals surface area contributed by atoms with Gasteiger partial charge in [0.05, 0.1) is 0 Å². The van der Waals surface area contributed by atoms with Crippen molar-refractivity contribution in [1.29, 1.82) is 0 Å². The predicted molar refractivity (Wildman–Crippen MR) is 97.6 cm³/mol. The van der Waals surface area contributed by atoms with Gasteiger partial charge in [-0.1, -0.05) is 28.9 Å². The van der Waals surface area contributed by atoms with Crippen LogP contribution in [0.2, 0.25) is 5.02 Å². The van der Waals surface area contributed by atoms with Gasteiger partial charge >= 0.3 is 0 Å². The lowest BCUT2D eigenvalue weighted by Gasteiger charge is -2.08. The Hall–Kier alpha value is -2.66. The van der Waals surface area contributed by atoms with Crippen LogP contribution in [0.15, 0.2) is 47.0 Å². The maximum Gasteiger partial charge on any atom is 0.227 e. The highest BCUT2D eigenvalue weighted by Gasteiger charge is 2.11. The third-order valence-electron chi connectivity index (χ3n) is 3.80. The molecule has 1 amide bonds. The van der Waals surface area contributed by atoms with Gasteiger partial charge in [0, 0.05) is 29.1 Å². The monoisotopic (exact) mass is 355 g/mol. The van der Waals surface area contributed by atoms with Gasteiger partial charge in [0.25, 0.3) is 0 Å². The fourth-order valence-corrected chi connectivity index (χ4v) is 2.50. The van der Waals surface area contributed by atoms with Gasteiger partial charge in [-0.2, -0.15) is 4.98 Å². The van der Waals surface area contributed by atoms with Crippen molar-refractivity contribution in [2.45, 2.75) is 26.7 Å². The molecule has 0 unspecified atom stereocenters. The molecule has 3 aromatic rings. The third-order valence-corrected chi connectivity index (χ3v) is 4.06. The predicted octanol–water partition coefficient (Wildman–Crippen LogP) is 4.58. The van der Waals surface area contributed by atoms with Crippen LogP contribution < -0.4 is 5.32 Å². The molecule has 6 heteroatoms. The molecule has 1 heterocycles. The normalized spacial score (nSPS) is 10.7. The van der Waals surface area contributed by atoms with Gasteiger partial charge in [-0.05, 0) is 55.3 Å². The van der Waals surface area contributed by atoms with Crippen LogP contribution in [0.3, 0.4) is 0 Å². The van der Waals surface area contributed by atoms with Crippen LogP contribution in [0, 0.1) is 13.8 Å². The quantitative estimate of drug-likeness (QED) is 0.727.